The molecule has 2 N–H and O–H groups in total. The number of nitrogens with zero attached hydrogens (tertiary/aromatic N) is 1. The lowest BCUT2D eigenvalue weighted by molar-refractivity contribution is -0.0438. The zero-order valence-electron chi connectivity index (χ0n) is 21.2. The van der Waals surface area contributed by atoms with Gasteiger partial charge in [-0.1, -0.05) is 31.9 Å². The van der Waals surface area contributed by atoms with E-state index in [0.717, 1.165) is 61.7 Å². The van der Waals surface area contributed by atoms with Gasteiger partial charge in [0.1, 0.15) is 0 Å². The van der Waals surface area contributed by atoms with E-state index in [1.807, 2.05) is 20.8 Å². The van der Waals surface area contributed by atoms with Crippen molar-refractivity contribution in [3.8, 4) is 6.07 Å². The van der Waals surface area contributed by atoms with Gasteiger partial charge in [-0.05, 0) is 126 Å². The standard InChI is InChI=1S/C29H47NO2/c1-6-19(7-14-26(31)27(2,3)18-30)21-10-11-23-22(21)12-13-25-24(23)9-8-20-17-28(4,32)15-16-29(20,25)5/h8,19,21-26,31-32H,6-7,9-17H2,1-5H3/t19-,21-,22-,23?,24?,25?,26-,28+,29+/m1/s1. The van der Waals surface area contributed by atoms with E-state index in [0.29, 0.717) is 11.3 Å². The van der Waals surface area contributed by atoms with Gasteiger partial charge in [-0.2, -0.15) is 5.26 Å². The van der Waals surface area contributed by atoms with E-state index in [2.05, 4.69) is 26.0 Å². The molecule has 0 saturated heterocycles. The number of aliphatic hydroxyl groups excluding tert-OH is 1. The molecule has 0 bridgehead atoms. The first kappa shape index (κ1) is 24.3. The van der Waals surface area contributed by atoms with Gasteiger partial charge in [0.15, 0.2) is 0 Å². The van der Waals surface area contributed by atoms with E-state index in [9.17, 15) is 15.5 Å². The maximum atomic E-state index is 10.7. The van der Waals surface area contributed by atoms with E-state index in [1.54, 1.807) is 5.57 Å². The van der Waals surface area contributed by atoms with Crippen molar-refractivity contribution in [3.63, 3.8) is 0 Å². The van der Waals surface area contributed by atoms with Gasteiger partial charge < -0.3 is 10.2 Å². The quantitative estimate of drug-likeness (QED) is 0.454. The lowest BCUT2D eigenvalue weighted by atomic mass is 9.49. The molecule has 0 aromatic heterocycles. The van der Waals surface area contributed by atoms with Crippen LogP contribution in [0.1, 0.15) is 105 Å². The van der Waals surface area contributed by atoms with Gasteiger partial charge in [0.05, 0.1) is 23.2 Å². The molecule has 3 heteroatoms. The van der Waals surface area contributed by atoms with Crippen molar-refractivity contribution in [3.05, 3.63) is 11.6 Å². The van der Waals surface area contributed by atoms with Gasteiger partial charge in [0, 0.05) is 0 Å². The molecule has 0 spiro atoms. The molecule has 32 heavy (non-hydrogen) atoms. The summed E-state index contributed by atoms with van der Waals surface area (Å²) in [4.78, 5) is 0. The molecule has 0 aromatic rings. The molecule has 3 fully saturated rings. The number of rotatable bonds is 6. The molecule has 180 valence electrons. The molecule has 3 nitrogen and oxygen atoms in total. The smallest absolute Gasteiger partial charge is 0.0776 e. The summed E-state index contributed by atoms with van der Waals surface area (Å²) in [6.07, 6.45) is 14.7. The monoisotopic (exact) mass is 441 g/mol. The Morgan fingerprint density at radius 3 is 2.50 bits per heavy atom. The molecule has 0 heterocycles. The van der Waals surface area contributed by atoms with Crippen molar-refractivity contribution in [2.45, 2.75) is 117 Å². The highest BCUT2D eigenvalue weighted by molar-refractivity contribution is 5.26. The molecule has 3 saturated carbocycles. The Bertz CT molecular complexity index is 762. The van der Waals surface area contributed by atoms with Gasteiger partial charge in [0.2, 0.25) is 0 Å². The van der Waals surface area contributed by atoms with Crippen LogP contribution < -0.4 is 0 Å². The number of allylic oxidation sites excluding steroid dienone is 1. The third-order valence-corrected chi connectivity index (χ3v) is 10.8. The van der Waals surface area contributed by atoms with Gasteiger partial charge in [-0.15, -0.1) is 0 Å². The zero-order valence-corrected chi connectivity index (χ0v) is 21.2. The van der Waals surface area contributed by atoms with Crippen LogP contribution >= 0.6 is 0 Å². The van der Waals surface area contributed by atoms with Gasteiger partial charge in [0.25, 0.3) is 0 Å². The van der Waals surface area contributed by atoms with E-state index in [4.69, 9.17) is 0 Å². The van der Waals surface area contributed by atoms with Crippen molar-refractivity contribution in [1.82, 2.24) is 0 Å². The van der Waals surface area contributed by atoms with Crippen LogP contribution in [0, 0.1) is 57.7 Å². The summed E-state index contributed by atoms with van der Waals surface area (Å²) in [6.45, 7) is 10.6. The van der Waals surface area contributed by atoms with Gasteiger partial charge >= 0.3 is 0 Å². The van der Waals surface area contributed by atoms with Crippen LogP contribution in [-0.2, 0) is 0 Å². The molecule has 4 aliphatic rings. The van der Waals surface area contributed by atoms with Gasteiger partial charge in [-0.3, -0.25) is 0 Å². The van der Waals surface area contributed by atoms with Crippen molar-refractivity contribution >= 4 is 0 Å². The number of hydrogen-bond donors (Lipinski definition) is 2. The first-order valence-electron chi connectivity index (χ1n) is 13.5. The number of fused-ring (bicyclic) bond motifs is 5. The zero-order chi connectivity index (χ0) is 23.3. The molecule has 0 radical (unpaired) electrons. The predicted molar refractivity (Wildman–Crippen MR) is 130 cm³/mol. The van der Waals surface area contributed by atoms with Crippen LogP contribution in [0.4, 0.5) is 0 Å². The van der Waals surface area contributed by atoms with Crippen LogP contribution in [0.25, 0.3) is 0 Å². The van der Waals surface area contributed by atoms with E-state index in [-0.39, 0.29) is 0 Å². The fourth-order valence-corrected chi connectivity index (χ4v) is 8.62. The molecule has 0 amide bonds. The minimum Gasteiger partial charge on any atom is -0.391 e. The summed E-state index contributed by atoms with van der Waals surface area (Å²) in [5.41, 5.74) is 0.711. The molecule has 0 aliphatic heterocycles. The average Bonchev–Trinajstić information content (AvgIpc) is 3.18. The maximum Gasteiger partial charge on any atom is 0.0776 e. The van der Waals surface area contributed by atoms with E-state index < -0.39 is 17.1 Å². The van der Waals surface area contributed by atoms with E-state index >= 15 is 0 Å². The fourth-order valence-electron chi connectivity index (χ4n) is 8.62. The molecular weight excluding hydrogens is 394 g/mol. The predicted octanol–water partition coefficient (Wildman–Crippen LogP) is 6.64. The Morgan fingerprint density at radius 1 is 1.09 bits per heavy atom. The van der Waals surface area contributed by atoms with Crippen LogP contribution in [0.2, 0.25) is 0 Å². The lowest BCUT2D eigenvalue weighted by Gasteiger charge is -2.56. The second-order valence-electron chi connectivity index (χ2n) is 13.1. The first-order valence-corrected chi connectivity index (χ1v) is 13.5. The molecule has 4 rings (SSSR count). The second-order valence-corrected chi connectivity index (χ2v) is 13.1. The molecule has 3 unspecified atom stereocenters. The summed E-state index contributed by atoms with van der Waals surface area (Å²) in [7, 11) is 0. The summed E-state index contributed by atoms with van der Waals surface area (Å²) in [6, 6.07) is 2.29. The molecule has 4 aliphatic carbocycles. The van der Waals surface area contributed by atoms with Crippen LogP contribution in [0.3, 0.4) is 0 Å². The number of hydrogen-bond acceptors (Lipinski definition) is 3. The third-order valence-electron chi connectivity index (χ3n) is 10.8. The highest BCUT2D eigenvalue weighted by Crippen LogP contribution is 2.63. The van der Waals surface area contributed by atoms with Crippen molar-refractivity contribution in [1.29, 1.82) is 5.26 Å². The molecular formula is C29H47NO2. The maximum absolute atomic E-state index is 10.7. The minimum absolute atomic E-state index is 0.311. The summed E-state index contributed by atoms with van der Waals surface area (Å²) in [5, 5.41) is 30.6. The van der Waals surface area contributed by atoms with Crippen LogP contribution in [-0.4, -0.2) is 21.9 Å². The molecule has 9 atom stereocenters. The topological polar surface area (TPSA) is 64.2 Å². The lowest BCUT2D eigenvalue weighted by Crippen LogP contribution is -2.49. The molecule has 0 aromatic carbocycles. The third kappa shape index (κ3) is 4.20. The second kappa shape index (κ2) is 8.74. The number of nitriles is 1. The Kier molecular flexibility index (Phi) is 6.63. The Balaban J connectivity index is 1.45. The van der Waals surface area contributed by atoms with Crippen molar-refractivity contribution in [2.75, 3.05) is 0 Å². The first-order chi connectivity index (χ1) is 15.0. The van der Waals surface area contributed by atoms with Gasteiger partial charge in [-0.25, -0.2) is 0 Å². The SMILES string of the molecule is CC[C@H](CC[C@@H](O)C(C)(C)C#N)[C@H]1CCC2C3CC=C4C[C@@](C)(O)CC[C@]4(C)C3CC[C@@H]21. The summed E-state index contributed by atoms with van der Waals surface area (Å²) < 4.78 is 0. The van der Waals surface area contributed by atoms with Crippen LogP contribution in [0.15, 0.2) is 11.6 Å². The highest BCUT2D eigenvalue weighted by atomic mass is 16.3. The van der Waals surface area contributed by atoms with Crippen molar-refractivity contribution < 1.29 is 10.2 Å². The number of aliphatic hydroxyl groups is 2. The fraction of sp³-hybridized carbons (Fsp3) is 0.897. The highest BCUT2D eigenvalue weighted by Gasteiger charge is 2.55. The minimum atomic E-state index is -0.652. The average molecular weight is 442 g/mol. The van der Waals surface area contributed by atoms with Crippen molar-refractivity contribution in [2.24, 2.45) is 46.3 Å². The van der Waals surface area contributed by atoms with E-state index in [1.165, 1.54) is 38.5 Å². The summed E-state index contributed by atoms with van der Waals surface area (Å²) in [5.74, 6) is 4.83. The Hall–Kier alpha value is -0.850. The Labute approximate surface area is 196 Å². The Morgan fingerprint density at radius 2 is 1.81 bits per heavy atom. The van der Waals surface area contributed by atoms with Crippen LogP contribution in [0.5, 0.6) is 0 Å². The normalized spacial score (nSPS) is 43.3. The summed E-state index contributed by atoms with van der Waals surface area (Å²) >= 11 is 0. The largest absolute Gasteiger partial charge is 0.391 e.